The van der Waals surface area contributed by atoms with Crippen molar-refractivity contribution in [3.05, 3.63) is 71.4 Å². The second kappa shape index (κ2) is 10.2. The molecule has 0 bridgehead atoms. The van der Waals surface area contributed by atoms with Crippen LogP contribution in [0.1, 0.15) is 43.0 Å². The van der Waals surface area contributed by atoms with Crippen molar-refractivity contribution < 1.29 is 4.79 Å². The van der Waals surface area contributed by atoms with Crippen LogP contribution in [0.2, 0.25) is 0 Å². The number of benzene rings is 2. The molecule has 5 rings (SSSR count). The molecule has 1 aliphatic heterocycles. The number of amides is 1. The van der Waals surface area contributed by atoms with Crippen molar-refractivity contribution in [1.29, 1.82) is 0 Å². The molecule has 1 N–H and O–H groups in total. The number of fused-ring (bicyclic) bond motifs is 1. The molecule has 0 radical (unpaired) electrons. The first-order chi connectivity index (χ1) is 17.0. The van der Waals surface area contributed by atoms with Gasteiger partial charge in [-0.15, -0.1) is 0 Å². The molecule has 182 valence electrons. The minimum absolute atomic E-state index is 0.00960. The smallest absolute Gasteiger partial charge is 0.225 e. The van der Waals surface area contributed by atoms with Crippen molar-refractivity contribution in [2.24, 2.45) is 5.92 Å². The van der Waals surface area contributed by atoms with Crippen molar-refractivity contribution in [2.45, 2.75) is 52.5 Å². The highest BCUT2D eigenvalue weighted by Gasteiger charge is 2.29. The van der Waals surface area contributed by atoms with Gasteiger partial charge in [-0.05, 0) is 64.2 Å². The summed E-state index contributed by atoms with van der Waals surface area (Å²) in [7, 11) is 0. The highest BCUT2D eigenvalue weighted by molar-refractivity contribution is 7.22. The number of nitrogens with zero attached hydrogens (tertiary/aromatic N) is 4. The third-order valence-electron chi connectivity index (χ3n) is 6.82. The van der Waals surface area contributed by atoms with E-state index in [0.29, 0.717) is 6.54 Å². The number of piperidine rings is 1. The fourth-order valence-corrected chi connectivity index (χ4v) is 5.77. The van der Waals surface area contributed by atoms with Crippen LogP contribution in [0, 0.1) is 19.8 Å². The molecule has 2 aromatic carbocycles. The maximum atomic E-state index is 13.1. The van der Waals surface area contributed by atoms with Crippen LogP contribution in [0.3, 0.4) is 0 Å². The lowest BCUT2D eigenvalue weighted by Crippen LogP contribution is -2.45. The second-order valence-electron chi connectivity index (χ2n) is 9.70. The lowest BCUT2D eigenvalue weighted by molar-refractivity contribution is -0.125. The molecule has 2 atom stereocenters. The molecule has 2 aromatic heterocycles. The van der Waals surface area contributed by atoms with E-state index in [-0.39, 0.29) is 17.9 Å². The van der Waals surface area contributed by atoms with Gasteiger partial charge in [0.2, 0.25) is 5.91 Å². The number of rotatable bonds is 7. The van der Waals surface area contributed by atoms with Crippen molar-refractivity contribution >= 4 is 32.7 Å². The maximum absolute atomic E-state index is 13.1. The number of aromatic nitrogens is 3. The molecular formula is C28H33N5OS. The van der Waals surface area contributed by atoms with Crippen LogP contribution in [0.5, 0.6) is 0 Å². The molecule has 3 heterocycles. The quantitative estimate of drug-likeness (QED) is 0.376. The molecule has 1 fully saturated rings. The number of carbonyl (C=O) groups is 1. The van der Waals surface area contributed by atoms with E-state index in [1.165, 1.54) is 11.1 Å². The van der Waals surface area contributed by atoms with Gasteiger partial charge in [-0.25, -0.2) is 4.68 Å². The van der Waals surface area contributed by atoms with Crippen LogP contribution < -0.4 is 10.2 Å². The average Bonchev–Trinajstić information content (AvgIpc) is 3.45. The SMILES string of the molecule is Cc1ccc(-n2nc(C)c3sc(N4CCCC(C(=O)NC(C)CCc5ccccc5)C4)nc32)cc1. The van der Waals surface area contributed by atoms with E-state index in [4.69, 9.17) is 10.1 Å². The van der Waals surface area contributed by atoms with E-state index < -0.39 is 0 Å². The van der Waals surface area contributed by atoms with E-state index in [1.54, 1.807) is 11.3 Å². The van der Waals surface area contributed by atoms with E-state index in [2.05, 4.69) is 72.6 Å². The molecule has 1 amide bonds. The predicted octanol–water partition coefficient (Wildman–Crippen LogP) is 5.45. The zero-order valence-electron chi connectivity index (χ0n) is 20.7. The molecule has 0 saturated carbocycles. The molecule has 6 nitrogen and oxygen atoms in total. The number of thiazole rings is 1. The Labute approximate surface area is 211 Å². The minimum atomic E-state index is -0.00960. The Morgan fingerprint density at radius 2 is 1.91 bits per heavy atom. The Hall–Kier alpha value is -3.19. The van der Waals surface area contributed by atoms with Crippen LogP contribution in [0.4, 0.5) is 5.13 Å². The fraction of sp³-hybridized carbons (Fsp3) is 0.393. The summed E-state index contributed by atoms with van der Waals surface area (Å²) >= 11 is 1.68. The molecule has 0 spiro atoms. The highest BCUT2D eigenvalue weighted by atomic mass is 32.1. The number of hydrogen-bond donors (Lipinski definition) is 1. The van der Waals surface area contributed by atoms with Gasteiger partial charge in [-0.3, -0.25) is 4.79 Å². The second-order valence-corrected chi connectivity index (χ2v) is 10.7. The maximum Gasteiger partial charge on any atom is 0.225 e. The largest absolute Gasteiger partial charge is 0.353 e. The monoisotopic (exact) mass is 487 g/mol. The van der Waals surface area contributed by atoms with E-state index in [9.17, 15) is 4.79 Å². The summed E-state index contributed by atoms with van der Waals surface area (Å²) < 4.78 is 3.05. The zero-order valence-corrected chi connectivity index (χ0v) is 21.5. The molecule has 2 unspecified atom stereocenters. The van der Waals surface area contributed by atoms with Crippen LogP contribution >= 0.6 is 11.3 Å². The number of carbonyl (C=O) groups excluding carboxylic acids is 1. The molecule has 7 heteroatoms. The van der Waals surface area contributed by atoms with Crippen LogP contribution in [-0.4, -0.2) is 39.8 Å². The number of hydrogen-bond acceptors (Lipinski definition) is 5. The molecular weight excluding hydrogens is 454 g/mol. The summed E-state index contributed by atoms with van der Waals surface area (Å²) in [6.07, 6.45) is 3.84. The Bertz CT molecular complexity index is 1290. The van der Waals surface area contributed by atoms with Gasteiger partial charge in [0.1, 0.15) is 0 Å². The van der Waals surface area contributed by atoms with E-state index in [0.717, 1.165) is 59.1 Å². The number of aryl methyl sites for hydroxylation is 3. The average molecular weight is 488 g/mol. The number of nitrogens with one attached hydrogen (secondary N) is 1. The van der Waals surface area contributed by atoms with Crippen molar-refractivity contribution in [1.82, 2.24) is 20.1 Å². The predicted molar refractivity (Wildman–Crippen MR) is 144 cm³/mol. The lowest BCUT2D eigenvalue weighted by atomic mass is 9.96. The van der Waals surface area contributed by atoms with Gasteiger partial charge >= 0.3 is 0 Å². The van der Waals surface area contributed by atoms with Gasteiger partial charge in [0, 0.05) is 19.1 Å². The molecule has 35 heavy (non-hydrogen) atoms. The first-order valence-corrected chi connectivity index (χ1v) is 13.3. The van der Waals surface area contributed by atoms with Crippen molar-refractivity contribution in [2.75, 3.05) is 18.0 Å². The zero-order chi connectivity index (χ0) is 24.4. The molecule has 1 aliphatic rings. The summed E-state index contributed by atoms with van der Waals surface area (Å²) in [6.45, 7) is 7.87. The van der Waals surface area contributed by atoms with Gasteiger partial charge in [-0.1, -0.05) is 59.4 Å². The first-order valence-electron chi connectivity index (χ1n) is 12.5. The van der Waals surface area contributed by atoms with E-state index in [1.807, 2.05) is 17.7 Å². The normalized spacial score (nSPS) is 17.0. The highest BCUT2D eigenvalue weighted by Crippen LogP contribution is 2.34. The van der Waals surface area contributed by atoms with Gasteiger partial charge < -0.3 is 10.2 Å². The Morgan fingerprint density at radius 1 is 1.14 bits per heavy atom. The Kier molecular flexibility index (Phi) is 6.86. The third kappa shape index (κ3) is 5.25. The van der Waals surface area contributed by atoms with Gasteiger partial charge in [-0.2, -0.15) is 10.1 Å². The van der Waals surface area contributed by atoms with Crippen molar-refractivity contribution in [3.8, 4) is 5.69 Å². The summed E-state index contributed by atoms with van der Waals surface area (Å²) in [5.74, 6) is 0.156. The van der Waals surface area contributed by atoms with Crippen LogP contribution in [0.25, 0.3) is 16.0 Å². The number of anilines is 1. The summed E-state index contributed by atoms with van der Waals surface area (Å²) in [5.41, 5.74) is 5.44. The standard InChI is InChI=1S/C28H33N5OS/c1-19-11-15-24(16-12-19)33-26-25(21(3)31-33)35-28(30-26)32-17-7-10-23(18-32)27(34)29-20(2)13-14-22-8-5-4-6-9-22/h4-6,8-9,11-12,15-16,20,23H,7,10,13-14,17-18H2,1-3H3,(H,29,34). The fourth-order valence-electron chi connectivity index (χ4n) is 4.75. The Morgan fingerprint density at radius 3 is 2.69 bits per heavy atom. The topological polar surface area (TPSA) is 63.1 Å². The van der Waals surface area contributed by atoms with Crippen molar-refractivity contribution in [3.63, 3.8) is 0 Å². The Balaban J connectivity index is 1.25. The molecule has 1 saturated heterocycles. The van der Waals surface area contributed by atoms with Gasteiger partial charge in [0.25, 0.3) is 0 Å². The van der Waals surface area contributed by atoms with E-state index >= 15 is 0 Å². The van der Waals surface area contributed by atoms with Crippen LogP contribution in [-0.2, 0) is 11.2 Å². The van der Waals surface area contributed by atoms with Crippen LogP contribution in [0.15, 0.2) is 54.6 Å². The summed E-state index contributed by atoms with van der Waals surface area (Å²) in [5, 5.41) is 8.98. The minimum Gasteiger partial charge on any atom is -0.353 e. The van der Waals surface area contributed by atoms with Gasteiger partial charge in [0.15, 0.2) is 10.8 Å². The molecule has 4 aromatic rings. The van der Waals surface area contributed by atoms with Gasteiger partial charge in [0.05, 0.1) is 22.0 Å². The summed E-state index contributed by atoms with van der Waals surface area (Å²) in [6, 6.07) is 19.0. The molecule has 0 aliphatic carbocycles. The third-order valence-corrected chi connectivity index (χ3v) is 8.03. The summed E-state index contributed by atoms with van der Waals surface area (Å²) in [4.78, 5) is 20.3. The first kappa shape index (κ1) is 23.5. The lowest BCUT2D eigenvalue weighted by Gasteiger charge is -2.32.